The van der Waals surface area contributed by atoms with Crippen LogP contribution in [-0.4, -0.2) is 53.6 Å². The van der Waals surface area contributed by atoms with E-state index in [-0.39, 0.29) is 11.6 Å². The first kappa shape index (κ1) is 16.0. The number of rotatable bonds is 6. The summed E-state index contributed by atoms with van der Waals surface area (Å²) in [5.74, 6) is 0.871. The fourth-order valence-corrected chi connectivity index (χ4v) is 2.24. The van der Waals surface area contributed by atoms with Crippen molar-refractivity contribution in [1.82, 2.24) is 19.9 Å². The van der Waals surface area contributed by atoms with E-state index in [0.29, 0.717) is 23.1 Å². The minimum absolute atomic E-state index is 0.143. The average molecular weight is 303 g/mol. The molecule has 0 spiro atoms. The van der Waals surface area contributed by atoms with Crippen molar-refractivity contribution in [1.29, 1.82) is 0 Å². The summed E-state index contributed by atoms with van der Waals surface area (Å²) >= 11 is 0. The van der Waals surface area contributed by atoms with E-state index in [0.717, 1.165) is 6.54 Å². The predicted molar refractivity (Wildman–Crippen MR) is 86.3 cm³/mol. The molecule has 0 aromatic carbocycles. The van der Waals surface area contributed by atoms with Crippen molar-refractivity contribution in [2.45, 2.75) is 13.0 Å². The zero-order valence-electron chi connectivity index (χ0n) is 13.3. The molecule has 7 nitrogen and oxygen atoms in total. The third-order valence-corrected chi connectivity index (χ3v) is 3.00. The summed E-state index contributed by atoms with van der Waals surface area (Å²) in [6.07, 6.45) is 1.63. The molecule has 2 aromatic heterocycles. The normalized spacial score (nSPS) is 12.2. The second kappa shape index (κ2) is 7.04. The summed E-state index contributed by atoms with van der Waals surface area (Å²) in [4.78, 5) is 25.2. The third-order valence-electron chi connectivity index (χ3n) is 3.00. The SMILES string of the molecule is COc1ncccc1-c1cc(=O)[nH]c(NC(C)CN(C)C)n1. The highest BCUT2D eigenvalue weighted by molar-refractivity contribution is 5.65. The lowest BCUT2D eigenvalue weighted by Crippen LogP contribution is -2.31. The van der Waals surface area contributed by atoms with Crippen molar-refractivity contribution in [2.24, 2.45) is 0 Å². The van der Waals surface area contributed by atoms with Gasteiger partial charge in [-0.2, -0.15) is 0 Å². The molecule has 0 saturated carbocycles. The standard InChI is InChI=1S/C15H21N5O2/c1-10(9-20(2)3)17-15-18-12(8-13(21)19-15)11-6-5-7-16-14(11)22-4/h5-8,10H,9H2,1-4H3,(H2,17,18,19,21). The molecule has 22 heavy (non-hydrogen) atoms. The first-order valence-corrected chi connectivity index (χ1v) is 7.01. The Labute approximate surface area is 129 Å². The molecule has 2 heterocycles. The number of hydrogen-bond acceptors (Lipinski definition) is 6. The van der Waals surface area contributed by atoms with Crippen molar-refractivity contribution in [3.63, 3.8) is 0 Å². The molecule has 2 rings (SSSR count). The summed E-state index contributed by atoms with van der Waals surface area (Å²) in [5, 5.41) is 3.19. The van der Waals surface area contributed by atoms with Crippen LogP contribution < -0.4 is 15.6 Å². The van der Waals surface area contributed by atoms with E-state index in [1.165, 1.54) is 13.2 Å². The molecule has 0 bridgehead atoms. The number of H-pyrrole nitrogens is 1. The Morgan fingerprint density at radius 2 is 2.23 bits per heavy atom. The Bertz CT molecular complexity index is 684. The van der Waals surface area contributed by atoms with Crippen molar-refractivity contribution in [3.8, 4) is 17.1 Å². The van der Waals surface area contributed by atoms with Crippen LogP contribution in [0.25, 0.3) is 11.3 Å². The minimum Gasteiger partial charge on any atom is -0.481 e. The molecule has 7 heteroatoms. The number of anilines is 1. The van der Waals surface area contributed by atoms with Crippen molar-refractivity contribution >= 4 is 5.95 Å². The molecule has 2 N–H and O–H groups in total. The smallest absolute Gasteiger partial charge is 0.252 e. The van der Waals surface area contributed by atoms with Crippen LogP contribution in [-0.2, 0) is 0 Å². The first-order chi connectivity index (χ1) is 10.5. The molecule has 0 aliphatic heterocycles. The molecular formula is C15H21N5O2. The molecule has 0 fully saturated rings. The van der Waals surface area contributed by atoms with Gasteiger partial charge in [0.1, 0.15) is 0 Å². The summed E-state index contributed by atoms with van der Waals surface area (Å²) in [6, 6.07) is 5.17. The molecule has 118 valence electrons. The van der Waals surface area contributed by atoms with Gasteiger partial charge in [-0.25, -0.2) is 9.97 Å². The Kier molecular flexibility index (Phi) is 5.11. The van der Waals surface area contributed by atoms with Gasteiger partial charge >= 0.3 is 0 Å². The lowest BCUT2D eigenvalue weighted by molar-refractivity contribution is 0.391. The van der Waals surface area contributed by atoms with E-state index in [1.54, 1.807) is 12.3 Å². The topological polar surface area (TPSA) is 83.1 Å². The van der Waals surface area contributed by atoms with Gasteiger partial charge in [-0.3, -0.25) is 9.78 Å². The van der Waals surface area contributed by atoms with Gasteiger partial charge in [0.05, 0.1) is 18.4 Å². The highest BCUT2D eigenvalue weighted by atomic mass is 16.5. The number of ether oxygens (including phenoxy) is 1. The lowest BCUT2D eigenvalue weighted by Gasteiger charge is -2.18. The number of methoxy groups -OCH3 is 1. The number of aromatic nitrogens is 3. The Morgan fingerprint density at radius 3 is 2.91 bits per heavy atom. The predicted octanol–water partition coefficient (Wildman–Crippen LogP) is 1.20. The molecule has 1 atom stereocenters. The highest BCUT2D eigenvalue weighted by Gasteiger charge is 2.11. The van der Waals surface area contributed by atoms with E-state index in [2.05, 4.69) is 25.2 Å². The molecule has 0 amide bonds. The second-order valence-electron chi connectivity index (χ2n) is 5.35. The molecule has 0 radical (unpaired) electrons. The van der Waals surface area contributed by atoms with Gasteiger partial charge in [0, 0.05) is 24.8 Å². The van der Waals surface area contributed by atoms with Crippen LogP contribution in [0.2, 0.25) is 0 Å². The van der Waals surface area contributed by atoms with Gasteiger partial charge in [-0.15, -0.1) is 0 Å². The monoisotopic (exact) mass is 303 g/mol. The van der Waals surface area contributed by atoms with E-state index >= 15 is 0 Å². The van der Waals surface area contributed by atoms with E-state index in [1.807, 2.05) is 27.1 Å². The number of nitrogens with one attached hydrogen (secondary N) is 2. The van der Waals surface area contributed by atoms with Crippen LogP contribution in [0, 0.1) is 0 Å². The maximum Gasteiger partial charge on any atom is 0.252 e. The zero-order valence-corrected chi connectivity index (χ0v) is 13.3. The minimum atomic E-state index is -0.226. The molecular weight excluding hydrogens is 282 g/mol. The number of aromatic amines is 1. The van der Waals surface area contributed by atoms with Crippen molar-refractivity contribution < 1.29 is 4.74 Å². The number of hydrogen-bond donors (Lipinski definition) is 2. The first-order valence-electron chi connectivity index (χ1n) is 7.01. The zero-order chi connectivity index (χ0) is 16.1. The fourth-order valence-electron chi connectivity index (χ4n) is 2.24. The van der Waals surface area contributed by atoms with Crippen LogP contribution in [0.1, 0.15) is 6.92 Å². The Balaban J connectivity index is 2.33. The highest BCUT2D eigenvalue weighted by Crippen LogP contribution is 2.25. The molecule has 0 aliphatic carbocycles. The Hall–Kier alpha value is -2.41. The molecule has 1 unspecified atom stereocenters. The molecule has 2 aromatic rings. The van der Waals surface area contributed by atoms with Gasteiger partial charge in [-0.1, -0.05) is 0 Å². The van der Waals surface area contributed by atoms with Crippen LogP contribution in [0.5, 0.6) is 5.88 Å². The van der Waals surface area contributed by atoms with Gasteiger partial charge in [0.2, 0.25) is 11.8 Å². The third kappa shape index (κ3) is 4.05. The fraction of sp³-hybridized carbons (Fsp3) is 0.400. The largest absolute Gasteiger partial charge is 0.481 e. The van der Waals surface area contributed by atoms with E-state index in [9.17, 15) is 4.79 Å². The van der Waals surface area contributed by atoms with Crippen LogP contribution in [0.3, 0.4) is 0 Å². The summed E-state index contributed by atoms with van der Waals surface area (Å²) in [7, 11) is 5.52. The number of pyridine rings is 1. The molecule has 0 aliphatic rings. The van der Waals surface area contributed by atoms with Crippen LogP contribution in [0.4, 0.5) is 5.95 Å². The summed E-state index contributed by atoms with van der Waals surface area (Å²) in [6.45, 7) is 2.85. The van der Waals surface area contributed by atoms with Gasteiger partial charge in [0.15, 0.2) is 0 Å². The van der Waals surface area contributed by atoms with E-state index < -0.39 is 0 Å². The molecule has 0 saturated heterocycles. The van der Waals surface area contributed by atoms with Gasteiger partial charge < -0.3 is 15.0 Å². The number of likely N-dealkylation sites (N-methyl/N-ethyl adjacent to an activating group) is 1. The van der Waals surface area contributed by atoms with Gasteiger partial charge in [0.25, 0.3) is 5.56 Å². The lowest BCUT2D eigenvalue weighted by atomic mass is 10.2. The number of nitrogens with zero attached hydrogens (tertiary/aromatic N) is 3. The van der Waals surface area contributed by atoms with Gasteiger partial charge in [-0.05, 0) is 33.2 Å². The second-order valence-corrected chi connectivity index (χ2v) is 5.35. The van der Waals surface area contributed by atoms with Crippen LogP contribution >= 0.6 is 0 Å². The Morgan fingerprint density at radius 1 is 1.45 bits per heavy atom. The summed E-state index contributed by atoms with van der Waals surface area (Å²) < 4.78 is 5.22. The maximum atomic E-state index is 11.9. The van der Waals surface area contributed by atoms with Crippen LogP contribution in [0.15, 0.2) is 29.2 Å². The quantitative estimate of drug-likeness (QED) is 0.834. The van der Waals surface area contributed by atoms with Crippen molar-refractivity contribution in [2.75, 3.05) is 33.1 Å². The summed E-state index contributed by atoms with van der Waals surface area (Å²) in [5.41, 5.74) is 0.975. The average Bonchev–Trinajstić information content (AvgIpc) is 2.45. The van der Waals surface area contributed by atoms with Crippen molar-refractivity contribution in [3.05, 3.63) is 34.7 Å². The maximum absolute atomic E-state index is 11.9. The van der Waals surface area contributed by atoms with E-state index in [4.69, 9.17) is 4.74 Å².